The normalized spacial score (nSPS) is 30.4. The van der Waals surface area contributed by atoms with Crippen LogP contribution in [0.2, 0.25) is 0 Å². The van der Waals surface area contributed by atoms with E-state index in [1.165, 1.54) is 6.42 Å². The summed E-state index contributed by atoms with van der Waals surface area (Å²) in [4.78, 5) is 0. The van der Waals surface area contributed by atoms with Gasteiger partial charge >= 0.3 is 19.5 Å². The second-order valence-corrected chi connectivity index (χ2v) is 2.22. The summed E-state index contributed by atoms with van der Waals surface area (Å²) in [5.74, 6) is 1.44. The predicted octanol–water partition coefficient (Wildman–Crippen LogP) is -4.44. The van der Waals surface area contributed by atoms with Gasteiger partial charge in [-0.05, 0) is 5.92 Å². The van der Waals surface area contributed by atoms with Gasteiger partial charge < -0.3 is 30.9 Å². The molecule has 58 valence electrons. The van der Waals surface area contributed by atoms with Crippen molar-refractivity contribution in [1.29, 1.82) is 0 Å². The van der Waals surface area contributed by atoms with Crippen LogP contribution in [-0.2, 0) is 19.5 Å². The Morgan fingerprint density at radius 1 is 1.20 bits per heavy atom. The van der Waals surface area contributed by atoms with Crippen LogP contribution in [0.1, 0.15) is 6.42 Å². The summed E-state index contributed by atoms with van der Waals surface area (Å²) in [7, 11) is 0. The maximum atomic E-state index is 3.24. The fourth-order valence-electron chi connectivity index (χ4n) is 1.22. The molecule has 0 spiro atoms. The number of hydrogen-bond acceptors (Lipinski definition) is 0. The largest absolute Gasteiger partial charge is 3.00 e. The average Bonchev–Trinajstić information content (AvgIpc) is 2.22. The first kappa shape index (κ1) is 13.3. The minimum Gasteiger partial charge on any atom is -1.00 e. The van der Waals surface area contributed by atoms with Crippen LogP contribution >= 0.6 is 0 Å². The van der Waals surface area contributed by atoms with Gasteiger partial charge in [-0.1, -0.05) is 12.5 Å². The zero-order valence-electron chi connectivity index (χ0n) is 5.18. The maximum absolute atomic E-state index is 3.24. The number of fused-ring (bicyclic) bond motifs is 2. The summed E-state index contributed by atoms with van der Waals surface area (Å²) in [6.45, 7) is 0. The molecule has 3 heteroatoms. The van der Waals surface area contributed by atoms with Crippen LogP contribution in [-0.4, -0.2) is 0 Å². The smallest absolute Gasteiger partial charge is 1.00 e. The molecule has 0 saturated carbocycles. The summed E-state index contributed by atoms with van der Waals surface area (Å²) in [6, 6.07) is 0. The molecule has 0 aliphatic heterocycles. The van der Waals surface area contributed by atoms with Crippen molar-refractivity contribution in [3.05, 3.63) is 24.3 Å². The monoisotopic (exact) mass is 264 g/mol. The molecule has 2 atom stereocenters. The zero-order chi connectivity index (χ0) is 4.69. The van der Waals surface area contributed by atoms with Gasteiger partial charge in [-0.25, -0.2) is 0 Å². The van der Waals surface area contributed by atoms with Gasteiger partial charge in [-0.2, -0.15) is 5.92 Å². The summed E-state index contributed by atoms with van der Waals surface area (Å²) in [5, 5.41) is 0. The van der Waals surface area contributed by atoms with Crippen LogP contribution in [0.25, 0.3) is 0 Å². The fourth-order valence-corrected chi connectivity index (χ4v) is 1.22. The third-order valence-electron chi connectivity index (χ3n) is 1.64. The van der Waals surface area contributed by atoms with Gasteiger partial charge in [0.25, 0.3) is 0 Å². The van der Waals surface area contributed by atoms with E-state index in [0.29, 0.717) is 5.92 Å². The maximum Gasteiger partial charge on any atom is 3.00 e. The van der Waals surface area contributed by atoms with Gasteiger partial charge in [0.1, 0.15) is 0 Å². The Morgan fingerprint density at radius 2 is 1.90 bits per heavy atom. The van der Waals surface area contributed by atoms with Crippen molar-refractivity contribution in [2.75, 3.05) is 0 Å². The van der Waals surface area contributed by atoms with E-state index in [0.717, 1.165) is 5.92 Å². The quantitative estimate of drug-likeness (QED) is 0.235. The van der Waals surface area contributed by atoms with Crippen LogP contribution in [0.5, 0.6) is 0 Å². The van der Waals surface area contributed by atoms with Gasteiger partial charge in [0.2, 0.25) is 0 Å². The molecule has 0 aromatic carbocycles. The van der Waals surface area contributed by atoms with Crippen molar-refractivity contribution in [2.24, 2.45) is 11.8 Å². The molecule has 0 amide bonds. The van der Waals surface area contributed by atoms with E-state index < -0.39 is 0 Å². The van der Waals surface area contributed by atoms with Crippen molar-refractivity contribution >= 4 is 0 Å². The van der Waals surface area contributed by atoms with Crippen molar-refractivity contribution in [2.45, 2.75) is 6.42 Å². The van der Waals surface area contributed by atoms with E-state index in [1.54, 1.807) is 0 Å². The van der Waals surface area contributed by atoms with Crippen LogP contribution in [0.15, 0.2) is 18.2 Å². The minimum atomic E-state index is 0. The van der Waals surface area contributed by atoms with Crippen molar-refractivity contribution in [3.63, 3.8) is 0 Å². The van der Waals surface area contributed by atoms with E-state index >= 15 is 0 Å². The SMILES string of the molecule is [C-]1=CC2C=CC1C2.[Cl-].[Cl-].[Rh+3]. The zero-order valence-corrected chi connectivity index (χ0v) is 8.33. The molecule has 0 aromatic heterocycles. The standard InChI is InChI=1S/C7H7.2ClH.Rh/c1-2-7-4-3-6(1)5-7;;;/h1-3,6-7H,5H2;2*1H;/q-1;;;+3/p-2. The fraction of sp³-hybridized carbons (Fsp3) is 0.429. The van der Waals surface area contributed by atoms with Crippen LogP contribution in [0.4, 0.5) is 0 Å². The third-order valence-corrected chi connectivity index (χ3v) is 1.64. The van der Waals surface area contributed by atoms with Crippen molar-refractivity contribution < 1.29 is 44.3 Å². The average molecular weight is 265 g/mol. The van der Waals surface area contributed by atoms with E-state index in [-0.39, 0.29) is 44.3 Å². The molecule has 2 aliphatic carbocycles. The number of allylic oxidation sites excluding steroid dienone is 4. The summed E-state index contributed by atoms with van der Waals surface area (Å²) < 4.78 is 0. The number of rotatable bonds is 0. The summed E-state index contributed by atoms with van der Waals surface area (Å²) >= 11 is 0. The van der Waals surface area contributed by atoms with E-state index in [1.807, 2.05) is 0 Å². The number of halogens is 2. The van der Waals surface area contributed by atoms with Crippen LogP contribution in [0.3, 0.4) is 0 Å². The van der Waals surface area contributed by atoms with Gasteiger partial charge in [0, 0.05) is 0 Å². The molecule has 10 heavy (non-hydrogen) atoms. The first-order valence-electron chi connectivity index (χ1n) is 2.73. The molecule has 0 nitrogen and oxygen atoms in total. The Kier molecular flexibility index (Phi) is 7.11. The molecule has 0 aromatic rings. The first-order chi connectivity index (χ1) is 3.45. The second-order valence-electron chi connectivity index (χ2n) is 2.22. The van der Waals surface area contributed by atoms with Crippen LogP contribution < -0.4 is 24.8 Å². The van der Waals surface area contributed by atoms with Gasteiger partial charge in [0.15, 0.2) is 0 Å². The Labute approximate surface area is 86.7 Å². The number of hydrogen-bond donors (Lipinski definition) is 0. The van der Waals surface area contributed by atoms with Crippen molar-refractivity contribution in [1.82, 2.24) is 0 Å². The van der Waals surface area contributed by atoms with Crippen LogP contribution in [0, 0.1) is 17.9 Å². The Hall–Kier alpha value is 0.683. The topological polar surface area (TPSA) is 0 Å². The molecule has 2 rings (SSSR count). The van der Waals surface area contributed by atoms with E-state index in [9.17, 15) is 0 Å². The molecule has 0 fully saturated rings. The van der Waals surface area contributed by atoms with Gasteiger partial charge in [0.05, 0.1) is 0 Å². The molecular weight excluding hydrogens is 258 g/mol. The van der Waals surface area contributed by atoms with Gasteiger partial charge in [-0.15, -0.1) is 6.08 Å². The molecule has 2 aliphatic rings. The molecule has 0 heterocycles. The predicted molar refractivity (Wildman–Crippen MR) is 28.5 cm³/mol. The second kappa shape index (κ2) is 5.35. The van der Waals surface area contributed by atoms with E-state index in [2.05, 4.69) is 24.3 Å². The Morgan fingerprint density at radius 3 is 2.00 bits per heavy atom. The molecule has 2 unspecified atom stereocenters. The minimum absolute atomic E-state index is 0. The van der Waals surface area contributed by atoms with E-state index in [4.69, 9.17) is 0 Å². The summed E-state index contributed by atoms with van der Waals surface area (Å²) in [5.41, 5.74) is 0. The molecule has 2 bridgehead atoms. The van der Waals surface area contributed by atoms with Gasteiger partial charge in [-0.3, -0.25) is 6.08 Å². The Bertz CT molecular complexity index is 115. The molecular formula is C7H7Cl2Rh. The molecule has 0 N–H and O–H groups in total. The Balaban J connectivity index is 0. The van der Waals surface area contributed by atoms with Crippen molar-refractivity contribution in [3.8, 4) is 0 Å². The third kappa shape index (κ3) is 2.38. The molecule has 0 saturated heterocycles. The first-order valence-corrected chi connectivity index (χ1v) is 2.73. The molecule has 0 radical (unpaired) electrons. The summed E-state index contributed by atoms with van der Waals surface area (Å²) in [6.07, 6.45) is 11.2.